The molecular weight excluding hydrogens is 462 g/mol. The number of nitrogens with one attached hydrogen (secondary N) is 1. The Balaban J connectivity index is 1.64. The quantitative estimate of drug-likeness (QED) is 0.361. The lowest BCUT2D eigenvalue weighted by Gasteiger charge is -2.10. The molecule has 0 spiro atoms. The van der Waals surface area contributed by atoms with E-state index in [0.29, 0.717) is 47.3 Å². The van der Waals surface area contributed by atoms with Crippen LogP contribution in [0.15, 0.2) is 64.2 Å². The predicted molar refractivity (Wildman–Crippen MR) is 128 cm³/mol. The summed E-state index contributed by atoms with van der Waals surface area (Å²) in [5.74, 6) is -1.85. The summed E-state index contributed by atoms with van der Waals surface area (Å²) >= 11 is 0. The molecule has 0 saturated heterocycles. The molecule has 0 saturated carbocycles. The third-order valence-corrected chi connectivity index (χ3v) is 7.05. The molecule has 0 bridgehead atoms. The topological polar surface area (TPSA) is 107 Å². The van der Waals surface area contributed by atoms with Crippen molar-refractivity contribution in [1.29, 1.82) is 0 Å². The highest BCUT2D eigenvalue weighted by Gasteiger charge is 2.19. The third kappa shape index (κ3) is 4.57. The number of anilines is 2. The van der Waals surface area contributed by atoms with Crippen molar-refractivity contribution in [3.05, 3.63) is 66.6 Å². The second-order valence-electron chi connectivity index (χ2n) is 7.50. The lowest BCUT2D eigenvalue weighted by atomic mass is 10.1. The van der Waals surface area contributed by atoms with E-state index in [1.807, 2.05) is 0 Å². The highest BCUT2D eigenvalue weighted by Crippen LogP contribution is 2.31. The van der Waals surface area contributed by atoms with Crippen LogP contribution in [0.3, 0.4) is 0 Å². The Morgan fingerprint density at radius 3 is 2.62 bits per heavy atom. The van der Waals surface area contributed by atoms with Gasteiger partial charge in [-0.25, -0.2) is 22.9 Å². The van der Waals surface area contributed by atoms with Crippen molar-refractivity contribution in [3.63, 3.8) is 0 Å². The first kappa shape index (κ1) is 23.6. The Labute approximate surface area is 196 Å². The zero-order valence-electron chi connectivity index (χ0n) is 18.7. The van der Waals surface area contributed by atoms with Crippen molar-refractivity contribution in [2.24, 2.45) is 10.1 Å². The molecule has 0 aliphatic carbocycles. The first-order valence-electron chi connectivity index (χ1n) is 10.4. The first-order chi connectivity index (χ1) is 16.4. The van der Waals surface area contributed by atoms with Gasteiger partial charge in [-0.2, -0.15) is 4.39 Å². The van der Waals surface area contributed by atoms with Crippen molar-refractivity contribution in [1.82, 2.24) is 14.4 Å². The van der Waals surface area contributed by atoms with Crippen LogP contribution in [0.1, 0.15) is 6.42 Å². The lowest BCUT2D eigenvalue weighted by molar-refractivity contribution is 0.372. The van der Waals surface area contributed by atoms with Crippen LogP contribution in [0, 0.1) is 11.6 Å². The molecule has 1 atom stereocenters. The van der Waals surface area contributed by atoms with E-state index in [0.717, 1.165) is 0 Å². The summed E-state index contributed by atoms with van der Waals surface area (Å²) < 4.78 is 52.4. The molecule has 0 aliphatic rings. The molecule has 0 radical (unpaired) electrons. The summed E-state index contributed by atoms with van der Waals surface area (Å²) in [7, 11) is -1.24. The number of hydrogen-bond donors (Lipinski definition) is 2. The van der Waals surface area contributed by atoms with Crippen LogP contribution in [0.25, 0.3) is 16.9 Å². The van der Waals surface area contributed by atoms with Gasteiger partial charge in [0.05, 0.1) is 28.7 Å². The van der Waals surface area contributed by atoms with Crippen LogP contribution in [0.4, 0.5) is 20.3 Å². The summed E-state index contributed by atoms with van der Waals surface area (Å²) in [6.07, 6.45) is 6.87. The standard InChI is InChI=1S/C23H24F2N6O2S/c1-33-19-9-8-17(20(24)21(19)25)18-14-28-23-22(27-12-13-31(18)23)30-15-4-6-16(7-5-15)34(2,32)29-11-3-10-26/h4-9,12-14H,3,10-11,26H2,1-2H3,(H,27,30). The van der Waals surface area contributed by atoms with E-state index >= 15 is 0 Å². The second-order valence-corrected chi connectivity index (χ2v) is 9.84. The number of methoxy groups -OCH3 is 1. The number of aromatic nitrogens is 3. The Bertz CT molecular complexity index is 1450. The van der Waals surface area contributed by atoms with Crippen LogP contribution in [0.5, 0.6) is 5.75 Å². The van der Waals surface area contributed by atoms with Gasteiger partial charge >= 0.3 is 0 Å². The Morgan fingerprint density at radius 1 is 1.15 bits per heavy atom. The molecule has 2 heterocycles. The average Bonchev–Trinajstić information content (AvgIpc) is 3.26. The summed E-state index contributed by atoms with van der Waals surface area (Å²) in [5, 5.41) is 3.16. The molecule has 8 nitrogen and oxygen atoms in total. The number of nitrogens with zero attached hydrogens (tertiary/aromatic N) is 4. The van der Waals surface area contributed by atoms with Gasteiger partial charge in [-0.15, -0.1) is 0 Å². The largest absolute Gasteiger partial charge is 0.494 e. The molecule has 4 aromatic rings. The SMILES string of the molecule is COc1ccc(-c2cnc3c(Nc4ccc(S(C)(=O)=NCCCN)cc4)nccn23)c(F)c1F. The van der Waals surface area contributed by atoms with Crippen LogP contribution in [-0.2, 0) is 9.73 Å². The number of hydrogen-bond acceptors (Lipinski definition) is 7. The Hall–Kier alpha value is -3.57. The summed E-state index contributed by atoms with van der Waals surface area (Å²) in [4.78, 5) is 9.29. The number of ether oxygens (including phenoxy) is 1. The predicted octanol–water partition coefficient (Wildman–Crippen LogP) is 4.23. The van der Waals surface area contributed by atoms with Gasteiger partial charge in [0.1, 0.15) is 0 Å². The zero-order valence-corrected chi connectivity index (χ0v) is 19.5. The minimum Gasteiger partial charge on any atom is -0.494 e. The number of imidazole rings is 1. The first-order valence-corrected chi connectivity index (χ1v) is 12.4. The Morgan fingerprint density at radius 2 is 1.91 bits per heavy atom. The molecule has 178 valence electrons. The van der Waals surface area contributed by atoms with Crippen LogP contribution in [0.2, 0.25) is 0 Å². The van der Waals surface area contributed by atoms with Crippen LogP contribution in [-0.4, -0.2) is 45.0 Å². The lowest BCUT2D eigenvalue weighted by Crippen LogP contribution is -2.04. The normalized spacial score (nSPS) is 13.0. The monoisotopic (exact) mass is 486 g/mol. The molecule has 2 aromatic carbocycles. The van der Waals surface area contributed by atoms with Gasteiger partial charge in [0.15, 0.2) is 23.0 Å². The molecule has 0 amide bonds. The molecule has 34 heavy (non-hydrogen) atoms. The van der Waals surface area contributed by atoms with Gasteiger partial charge in [-0.1, -0.05) is 0 Å². The van der Waals surface area contributed by atoms with Crippen molar-refractivity contribution < 1.29 is 17.7 Å². The van der Waals surface area contributed by atoms with Crippen molar-refractivity contribution in [2.75, 3.05) is 31.8 Å². The molecule has 11 heteroatoms. The molecule has 2 aromatic heterocycles. The molecule has 0 fully saturated rings. The van der Waals surface area contributed by atoms with Crippen molar-refractivity contribution >= 4 is 26.9 Å². The van der Waals surface area contributed by atoms with Gasteiger partial charge in [-0.3, -0.25) is 4.40 Å². The summed E-state index contributed by atoms with van der Waals surface area (Å²) in [5.41, 5.74) is 6.99. The number of rotatable bonds is 8. The summed E-state index contributed by atoms with van der Waals surface area (Å²) in [6, 6.07) is 9.82. The number of fused-ring (bicyclic) bond motifs is 1. The zero-order chi connectivity index (χ0) is 24.3. The van der Waals surface area contributed by atoms with Gasteiger partial charge in [-0.05, 0) is 49.4 Å². The van der Waals surface area contributed by atoms with Crippen LogP contribution >= 0.6 is 0 Å². The second kappa shape index (κ2) is 9.74. The van der Waals surface area contributed by atoms with Gasteiger partial charge in [0, 0.05) is 41.3 Å². The number of benzene rings is 2. The van der Waals surface area contributed by atoms with E-state index in [9.17, 15) is 13.0 Å². The molecule has 4 rings (SSSR count). The van der Waals surface area contributed by atoms with E-state index in [2.05, 4.69) is 19.6 Å². The number of halogens is 2. The molecule has 3 N–H and O–H groups in total. The molecule has 0 aliphatic heterocycles. The van der Waals surface area contributed by atoms with Gasteiger partial charge < -0.3 is 15.8 Å². The van der Waals surface area contributed by atoms with Crippen molar-refractivity contribution in [3.8, 4) is 17.0 Å². The minimum atomic E-state index is -2.51. The van der Waals surface area contributed by atoms with E-state index < -0.39 is 21.4 Å². The highest BCUT2D eigenvalue weighted by molar-refractivity contribution is 7.93. The maximum absolute atomic E-state index is 14.7. The van der Waals surface area contributed by atoms with E-state index in [4.69, 9.17) is 10.5 Å². The third-order valence-electron chi connectivity index (χ3n) is 5.23. The van der Waals surface area contributed by atoms with Gasteiger partial charge in [0.2, 0.25) is 5.82 Å². The fraction of sp³-hybridized carbons (Fsp3) is 0.217. The van der Waals surface area contributed by atoms with Crippen LogP contribution < -0.4 is 15.8 Å². The van der Waals surface area contributed by atoms with E-state index in [1.165, 1.54) is 31.6 Å². The molecule has 1 unspecified atom stereocenters. The average molecular weight is 487 g/mol. The summed E-state index contributed by atoms with van der Waals surface area (Å²) in [6.45, 7) is 0.939. The smallest absolute Gasteiger partial charge is 0.201 e. The number of nitrogens with two attached hydrogens (primary N) is 1. The van der Waals surface area contributed by atoms with Gasteiger partial charge in [0.25, 0.3) is 0 Å². The van der Waals surface area contributed by atoms with E-state index in [1.54, 1.807) is 41.1 Å². The van der Waals surface area contributed by atoms with Crippen molar-refractivity contribution in [2.45, 2.75) is 11.3 Å². The fourth-order valence-electron chi connectivity index (χ4n) is 3.43. The maximum atomic E-state index is 14.7. The Kier molecular flexibility index (Phi) is 6.75. The highest BCUT2D eigenvalue weighted by atomic mass is 32.2. The maximum Gasteiger partial charge on any atom is 0.201 e. The minimum absolute atomic E-state index is 0.0448. The molecular formula is C23H24F2N6O2S. The van der Waals surface area contributed by atoms with E-state index in [-0.39, 0.29) is 11.3 Å². The fourth-order valence-corrected chi connectivity index (χ4v) is 4.69.